The summed E-state index contributed by atoms with van der Waals surface area (Å²) in [5.41, 5.74) is 7.81. The molecular weight excluding hydrogens is 214 g/mol. The molecule has 2 rings (SSSR count). The molecule has 0 radical (unpaired) electrons. The van der Waals surface area contributed by atoms with E-state index in [1.807, 2.05) is 11.3 Å². The molecule has 1 fully saturated rings. The van der Waals surface area contributed by atoms with Crippen LogP contribution < -0.4 is 5.73 Å². The molecule has 0 bridgehead atoms. The van der Waals surface area contributed by atoms with Gasteiger partial charge in [-0.1, -0.05) is 19.8 Å². The molecule has 1 heterocycles. The standard InChI is InChI=1S/C14H23NS/c1-9-4-6-12(7-5-9)14(15)13-8-10(2)11(3)16-13/h8-9,12,14H,4-7,15H2,1-3H3. The normalized spacial score (nSPS) is 28.0. The predicted molar refractivity (Wildman–Crippen MR) is 71.8 cm³/mol. The van der Waals surface area contributed by atoms with Crippen LogP contribution in [0.4, 0.5) is 0 Å². The fourth-order valence-corrected chi connectivity index (χ4v) is 3.78. The van der Waals surface area contributed by atoms with Crippen molar-refractivity contribution in [3.05, 3.63) is 21.4 Å². The Morgan fingerprint density at radius 3 is 2.38 bits per heavy atom. The summed E-state index contributed by atoms with van der Waals surface area (Å²) in [5, 5.41) is 0. The van der Waals surface area contributed by atoms with Gasteiger partial charge in [0.1, 0.15) is 0 Å². The van der Waals surface area contributed by atoms with Gasteiger partial charge in [-0.15, -0.1) is 11.3 Å². The second-order valence-corrected chi connectivity index (χ2v) is 6.72. The first-order chi connectivity index (χ1) is 7.58. The fraction of sp³-hybridized carbons (Fsp3) is 0.714. The van der Waals surface area contributed by atoms with E-state index in [0.717, 1.165) is 5.92 Å². The van der Waals surface area contributed by atoms with Crippen LogP contribution in [0.5, 0.6) is 0 Å². The highest BCUT2D eigenvalue weighted by Crippen LogP contribution is 2.38. The molecule has 16 heavy (non-hydrogen) atoms. The number of aryl methyl sites for hydroxylation is 2. The van der Waals surface area contributed by atoms with Gasteiger partial charge in [0.2, 0.25) is 0 Å². The van der Waals surface area contributed by atoms with E-state index < -0.39 is 0 Å². The van der Waals surface area contributed by atoms with E-state index in [2.05, 4.69) is 26.8 Å². The minimum atomic E-state index is 0.282. The van der Waals surface area contributed by atoms with Crippen LogP contribution >= 0.6 is 11.3 Å². The van der Waals surface area contributed by atoms with Crippen molar-refractivity contribution in [2.45, 2.75) is 52.5 Å². The smallest absolute Gasteiger partial charge is 0.0418 e. The van der Waals surface area contributed by atoms with Gasteiger partial charge in [0.05, 0.1) is 0 Å². The zero-order valence-electron chi connectivity index (χ0n) is 10.6. The molecule has 2 heteroatoms. The molecule has 1 nitrogen and oxygen atoms in total. The Labute approximate surface area is 103 Å². The monoisotopic (exact) mass is 237 g/mol. The van der Waals surface area contributed by atoms with Gasteiger partial charge in [0, 0.05) is 15.8 Å². The third kappa shape index (κ3) is 2.49. The third-order valence-corrected chi connectivity index (χ3v) is 5.34. The van der Waals surface area contributed by atoms with Crippen LogP contribution in [0.15, 0.2) is 6.07 Å². The molecule has 0 spiro atoms. The molecule has 0 aliphatic heterocycles. The first-order valence-electron chi connectivity index (χ1n) is 6.40. The fourth-order valence-electron chi connectivity index (χ4n) is 2.64. The first kappa shape index (κ1) is 12.1. The molecule has 1 unspecified atom stereocenters. The van der Waals surface area contributed by atoms with Crippen molar-refractivity contribution in [2.75, 3.05) is 0 Å². The third-order valence-electron chi connectivity index (χ3n) is 4.08. The molecule has 2 N–H and O–H groups in total. The Hall–Kier alpha value is -0.340. The summed E-state index contributed by atoms with van der Waals surface area (Å²) in [6.07, 6.45) is 5.36. The average molecular weight is 237 g/mol. The van der Waals surface area contributed by atoms with Crippen molar-refractivity contribution in [3.63, 3.8) is 0 Å². The summed E-state index contributed by atoms with van der Waals surface area (Å²) in [7, 11) is 0. The van der Waals surface area contributed by atoms with E-state index in [1.165, 1.54) is 41.0 Å². The van der Waals surface area contributed by atoms with Gasteiger partial charge in [-0.25, -0.2) is 0 Å². The predicted octanol–water partition coefficient (Wildman–Crippen LogP) is 4.19. The van der Waals surface area contributed by atoms with Crippen LogP contribution in [0.3, 0.4) is 0 Å². The maximum Gasteiger partial charge on any atom is 0.0418 e. The van der Waals surface area contributed by atoms with Gasteiger partial charge in [0.25, 0.3) is 0 Å². The van der Waals surface area contributed by atoms with Crippen LogP contribution in [0.2, 0.25) is 0 Å². The van der Waals surface area contributed by atoms with E-state index in [0.29, 0.717) is 5.92 Å². The summed E-state index contributed by atoms with van der Waals surface area (Å²) in [4.78, 5) is 2.82. The maximum atomic E-state index is 6.41. The Bertz CT molecular complexity index is 328. The van der Waals surface area contributed by atoms with E-state index >= 15 is 0 Å². The van der Waals surface area contributed by atoms with E-state index in [-0.39, 0.29) is 6.04 Å². The molecule has 1 atom stereocenters. The Kier molecular flexibility index (Phi) is 3.70. The lowest BCUT2D eigenvalue weighted by molar-refractivity contribution is 0.258. The topological polar surface area (TPSA) is 26.0 Å². The molecule has 1 aromatic rings. The minimum absolute atomic E-state index is 0.282. The van der Waals surface area contributed by atoms with Crippen LogP contribution in [0.1, 0.15) is 54.0 Å². The van der Waals surface area contributed by atoms with Crippen LogP contribution in [-0.2, 0) is 0 Å². The van der Waals surface area contributed by atoms with Crippen molar-refractivity contribution in [2.24, 2.45) is 17.6 Å². The van der Waals surface area contributed by atoms with Crippen molar-refractivity contribution < 1.29 is 0 Å². The molecule has 1 aromatic heterocycles. The number of rotatable bonds is 2. The quantitative estimate of drug-likeness (QED) is 0.820. The van der Waals surface area contributed by atoms with Gasteiger partial charge in [-0.3, -0.25) is 0 Å². The highest BCUT2D eigenvalue weighted by Gasteiger charge is 2.25. The zero-order valence-corrected chi connectivity index (χ0v) is 11.4. The summed E-state index contributed by atoms with van der Waals surface area (Å²) >= 11 is 1.89. The lowest BCUT2D eigenvalue weighted by Crippen LogP contribution is -2.24. The molecule has 0 amide bonds. The lowest BCUT2D eigenvalue weighted by Gasteiger charge is -2.30. The van der Waals surface area contributed by atoms with Crippen molar-refractivity contribution in [3.8, 4) is 0 Å². The molecular formula is C14H23NS. The van der Waals surface area contributed by atoms with Gasteiger partial charge >= 0.3 is 0 Å². The summed E-state index contributed by atoms with van der Waals surface area (Å²) in [6.45, 7) is 6.74. The minimum Gasteiger partial charge on any atom is -0.323 e. The number of hydrogen-bond acceptors (Lipinski definition) is 2. The molecule has 90 valence electrons. The number of nitrogens with two attached hydrogens (primary N) is 1. The van der Waals surface area contributed by atoms with Crippen molar-refractivity contribution in [1.29, 1.82) is 0 Å². The second-order valence-electron chi connectivity index (χ2n) is 5.43. The highest BCUT2D eigenvalue weighted by atomic mass is 32.1. The first-order valence-corrected chi connectivity index (χ1v) is 7.22. The van der Waals surface area contributed by atoms with Gasteiger partial charge < -0.3 is 5.73 Å². The van der Waals surface area contributed by atoms with Crippen LogP contribution in [0, 0.1) is 25.7 Å². The zero-order chi connectivity index (χ0) is 11.7. The Balaban J connectivity index is 2.04. The van der Waals surface area contributed by atoms with E-state index in [9.17, 15) is 0 Å². The highest BCUT2D eigenvalue weighted by molar-refractivity contribution is 7.12. The SMILES string of the molecule is Cc1cc(C(N)C2CCC(C)CC2)sc1C. The van der Waals surface area contributed by atoms with Crippen molar-refractivity contribution >= 4 is 11.3 Å². The van der Waals surface area contributed by atoms with Crippen LogP contribution in [0.25, 0.3) is 0 Å². The largest absolute Gasteiger partial charge is 0.323 e. The Morgan fingerprint density at radius 1 is 1.25 bits per heavy atom. The molecule has 1 saturated carbocycles. The molecule has 0 aromatic carbocycles. The van der Waals surface area contributed by atoms with Crippen LogP contribution in [-0.4, -0.2) is 0 Å². The van der Waals surface area contributed by atoms with E-state index in [4.69, 9.17) is 5.73 Å². The van der Waals surface area contributed by atoms with Gasteiger partial charge in [-0.05, 0) is 50.2 Å². The summed E-state index contributed by atoms with van der Waals surface area (Å²) in [6, 6.07) is 2.58. The average Bonchev–Trinajstić information content (AvgIpc) is 2.59. The van der Waals surface area contributed by atoms with Gasteiger partial charge in [0.15, 0.2) is 0 Å². The molecule has 0 saturated heterocycles. The molecule has 1 aliphatic rings. The molecule has 1 aliphatic carbocycles. The van der Waals surface area contributed by atoms with Crippen molar-refractivity contribution in [1.82, 2.24) is 0 Å². The van der Waals surface area contributed by atoms with E-state index in [1.54, 1.807) is 0 Å². The summed E-state index contributed by atoms with van der Waals surface area (Å²) in [5.74, 6) is 1.63. The second kappa shape index (κ2) is 4.89. The number of hydrogen-bond donors (Lipinski definition) is 1. The maximum absolute atomic E-state index is 6.41. The summed E-state index contributed by atoms with van der Waals surface area (Å²) < 4.78 is 0. The number of thiophene rings is 1. The lowest BCUT2D eigenvalue weighted by atomic mass is 9.79. The van der Waals surface area contributed by atoms with Gasteiger partial charge in [-0.2, -0.15) is 0 Å². The Morgan fingerprint density at radius 2 is 1.88 bits per heavy atom.